The van der Waals surface area contributed by atoms with Gasteiger partial charge in [-0.2, -0.15) is 0 Å². The van der Waals surface area contributed by atoms with E-state index in [1.807, 2.05) is 66.7 Å². The fraction of sp³-hybridized carbons (Fsp3) is 0.135. The third-order valence-electron chi connectivity index (χ3n) is 7.93. The Morgan fingerprint density at radius 2 is 1.26 bits per heavy atom. The number of amides is 1. The van der Waals surface area contributed by atoms with Crippen LogP contribution in [0.4, 0.5) is 4.79 Å². The zero-order valence-electron chi connectivity index (χ0n) is 23.2. The highest BCUT2D eigenvalue weighted by atomic mass is 35.5. The van der Waals surface area contributed by atoms with Gasteiger partial charge in [0.1, 0.15) is 6.61 Å². The average Bonchev–Trinajstić information content (AvgIpc) is 3.35. The second kappa shape index (κ2) is 12.1. The molecule has 0 fully saturated rings. The standard InChI is InChI=1S/C37H30ClNO3/c1-24(39-37(41)42-23-33-30-18-10-8-16-28(30)29-17-9-11-19-31(29)33)36(40)27-20-21-32(34(38)22-27)35(25-12-4-2-5-13-25)26-14-6-3-7-15-26/h2-22,24,33,35H,23H2,1H3,(H,39,41)/t24-/m0/s1. The van der Waals surface area contributed by atoms with Crippen LogP contribution in [0.25, 0.3) is 11.1 Å². The molecular formula is C37H30ClNO3. The number of rotatable bonds is 8. The van der Waals surface area contributed by atoms with Crippen LogP contribution in [0.1, 0.15) is 56.9 Å². The van der Waals surface area contributed by atoms with Gasteiger partial charge in [-0.3, -0.25) is 4.79 Å². The predicted molar refractivity (Wildman–Crippen MR) is 167 cm³/mol. The molecule has 0 saturated heterocycles. The summed E-state index contributed by atoms with van der Waals surface area (Å²) in [5.41, 5.74) is 8.13. The molecule has 0 aliphatic heterocycles. The van der Waals surface area contributed by atoms with Crippen molar-refractivity contribution in [3.63, 3.8) is 0 Å². The second-order valence-electron chi connectivity index (χ2n) is 10.5. The Hall–Kier alpha value is -4.67. The lowest BCUT2D eigenvalue weighted by atomic mass is 9.84. The number of fused-ring (bicyclic) bond motifs is 3. The van der Waals surface area contributed by atoms with Crippen molar-refractivity contribution in [2.75, 3.05) is 6.61 Å². The highest BCUT2D eigenvalue weighted by Crippen LogP contribution is 2.44. The van der Waals surface area contributed by atoms with E-state index < -0.39 is 12.1 Å². The summed E-state index contributed by atoms with van der Waals surface area (Å²) >= 11 is 6.82. The van der Waals surface area contributed by atoms with Crippen molar-refractivity contribution >= 4 is 23.5 Å². The molecule has 0 aromatic heterocycles. The maximum Gasteiger partial charge on any atom is 0.407 e. The van der Waals surface area contributed by atoms with Crippen LogP contribution in [0.2, 0.25) is 5.02 Å². The van der Waals surface area contributed by atoms with Gasteiger partial charge < -0.3 is 10.1 Å². The van der Waals surface area contributed by atoms with Crippen molar-refractivity contribution in [2.24, 2.45) is 0 Å². The maximum absolute atomic E-state index is 13.3. The van der Waals surface area contributed by atoms with Crippen LogP contribution in [0.5, 0.6) is 0 Å². The molecule has 42 heavy (non-hydrogen) atoms. The van der Waals surface area contributed by atoms with E-state index in [2.05, 4.69) is 53.8 Å². The number of carbonyl (C=O) groups is 2. The first-order chi connectivity index (χ1) is 20.5. The van der Waals surface area contributed by atoms with E-state index in [4.69, 9.17) is 16.3 Å². The molecule has 0 unspecified atom stereocenters. The van der Waals surface area contributed by atoms with E-state index in [9.17, 15) is 9.59 Å². The first-order valence-corrected chi connectivity index (χ1v) is 14.4. The van der Waals surface area contributed by atoms with Gasteiger partial charge in [0.25, 0.3) is 0 Å². The lowest BCUT2D eigenvalue weighted by Crippen LogP contribution is -2.39. The molecule has 1 aliphatic carbocycles. The van der Waals surface area contributed by atoms with Crippen LogP contribution in [-0.4, -0.2) is 24.5 Å². The van der Waals surface area contributed by atoms with E-state index in [1.165, 1.54) is 0 Å². The summed E-state index contributed by atoms with van der Waals surface area (Å²) < 4.78 is 5.64. The van der Waals surface area contributed by atoms with Gasteiger partial charge >= 0.3 is 6.09 Å². The highest BCUT2D eigenvalue weighted by Gasteiger charge is 2.29. The zero-order valence-corrected chi connectivity index (χ0v) is 23.9. The number of Topliss-reactive ketones (excluding diaryl/α,β-unsaturated/α-hetero) is 1. The number of hydrogen-bond donors (Lipinski definition) is 1. The minimum absolute atomic E-state index is 0.0531. The minimum Gasteiger partial charge on any atom is -0.449 e. The molecule has 0 heterocycles. The normalized spacial score (nSPS) is 12.8. The Balaban J connectivity index is 1.14. The summed E-state index contributed by atoms with van der Waals surface area (Å²) in [5, 5.41) is 3.20. The highest BCUT2D eigenvalue weighted by molar-refractivity contribution is 6.32. The molecule has 5 aromatic carbocycles. The SMILES string of the molecule is C[C@H](NC(=O)OCC1c2ccccc2-c2ccccc21)C(=O)c1ccc(C(c2ccccc2)c2ccccc2)c(Cl)c1. The van der Waals surface area contributed by atoms with Crippen molar-refractivity contribution in [3.05, 3.63) is 166 Å². The van der Waals surface area contributed by atoms with E-state index in [1.54, 1.807) is 19.1 Å². The molecule has 0 spiro atoms. The lowest BCUT2D eigenvalue weighted by Gasteiger charge is -2.21. The minimum atomic E-state index is -0.790. The fourth-order valence-corrected chi connectivity index (χ4v) is 6.18. The average molecular weight is 572 g/mol. The van der Waals surface area contributed by atoms with Crippen molar-refractivity contribution in [3.8, 4) is 11.1 Å². The third kappa shape index (κ3) is 5.46. The van der Waals surface area contributed by atoms with E-state index in [-0.39, 0.29) is 24.2 Å². The van der Waals surface area contributed by atoms with Gasteiger partial charge in [0.15, 0.2) is 5.78 Å². The summed E-state index contributed by atoms with van der Waals surface area (Å²) in [6.45, 7) is 1.84. The van der Waals surface area contributed by atoms with Crippen LogP contribution in [0.15, 0.2) is 127 Å². The molecule has 208 valence electrons. The molecule has 0 bridgehead atoms. The van der Waals surface area contributed by atoms with E-state index in [0.717, 1.165) is 38.9 Å². The molecule has 5 aromatic rings. The monoisotopic (exact) mass is 571 g/mol. The molecule has 0 radical (unpaired) electrons. The number of carbonyl (C=O) groups excluding carboxylic acids is 2. The number of halogens is 1. The Labute approximate surface area is 250 Å². The molecule has 6 rings (SSSR count). The molecule has 5 heteroatoms. The Kier molecular flexibility index (Phi) is 7.89. The number of alkyl carbamates (subject to hydrolysis) is 1. The number of ether oxygens (including phenoxy) is 1. The molecular weight excluding hydrogens is 542 g/mol. The second-order valence-corrected chi connectivity index (χ2v) is 11.0. The molecule has 1 amide bonds. The number of hydrogen-bond acceptors (Lipinski definition) is 3. The first-order valence-electron chi connectivity index (χ1n) is 14.1. The summed E-state index contributed by atoms with van der Waals surface area (Å²) in [6, 6.07) is 41.2. The Morgan fingerprint density at radius 3 is 1.81 bits per heavy atom. The predicted octanol–water partition coefficient (Wildman–Crippen LogP) is 8.63. The summed E-state index contributed by atoms with van der Waals surface area (Å²) in [7, 11) is 0. The van der Waals surface area contributed by atoms with Crippen LogP contribution < -0.4 is 5.32 Å². The van der Waals surface area contributed by atoms with Gasteiger partial charge in [0.05, 0.1) is 6.04 Å². The fourth-order valence-electron chi connectivity index (χ4n) is 5.89. The van der Waals surface area contributed by atoms with Gasteiger partial charge in [-0.15, -0.1) is 0 Å². The Morgan fingerprint density at radius 1 is 0.738 bits per heavy atom. The van der Waals surface area contributed by atoms with Gasteiger partial charge in [-0.25, -0.2) is 4.79 Å². The lowest BCUT2D eigenvalue weighted by molar-refractivity contribution is 0.0929. The van der Waals surface area contributed by atoms with Gasteiger partial charge in [-0.05, 0) is 51.9 Å². The molecule has 1 aliphatic rings. The number of benzene rings is 5. The van der Waals surface area contributed by atoms with E-state index >= 15 is 0 Å². The number of ketones is 1. The molecule has 1 atom stereocenters. The maximum atomic E-state index is 13.3. The van der Waals surface area contributed by atoms with Gasteiger partial charge in [-0.1, -0.05) is 133 Å². The van der Waals surface area contributed by atoms with Crippen molar-refractivity contribution < 1.29 is 14.3 Å². The van der Waals surface area contributed by atoms with Crippen LogP contribution >= 0.6 is 11.6 Å². The van der Waals surface area contributed by atoms with Crippen LogP contribution in [0, 0.1) is 0 Å². The Bertz CT molecular complexity index is 1650. The quantitative estimate of drug-likeness (QED) is 0.150. The summed E-state index contributed by atoms with van der Waals surface area (Å²) in [4.78, 5) is 26.1. The first kappa shape index (κ1) is 27.5. The smallest absolute Gasteiger partial charge is 0.407 e. The largest absolute Gasteiger partial charge is 0.449 e. The molecule has 0 saturated carbocycles. The number of nitrogens with one attached hydrogen (secondary N) is 1. The van der Waals surface area contributed by atoms with Crippen LogP contribution in [0.3, 0.4) is 0 Å². The van der Waals surface area contributed by atoms with Crippen molar-refractivity contribution in [1.29, 1.82) is 0 Å². The van der Waals surface area contributed by atoms with Gasteiger partial charge in [0.2, 0.25) is 0 Å². The zero-order chi connectivity index (χ0) is 29.1. The van der Waals surface area contributed by atoms with Gasteiger partial charge in [0, 0.05) is 22.4 Å². The topological polar surface area (TPSA) is 55.4 Å². The molecule has 1 N–H and O–H groups in total. The van der Waals surface area contributed by atoms with Crippen molar-refractivity contribution in [2.45, 2.75) is 24.8 Å². The summed E-state index contributed by atoms with van der Waals surface area (Å²) in [5.74, 6) is -0.379. The van der Waals surface area contributed by atoms with E-state index in [0.29, 0.717) is 10.6 Å². The molecule has 4 nitrogen and oxygen atoms in total. The van der Waals surface area contributed by atoms with Crippen molar-refractivity contribution in [1.82, 2.24) is 5.32 Å². The summed E-state index contributed by atoms with van der Waals surface area (Å²) in [6.07, 6.45) is -0.631. The third-order valence-corrected chi connectivity index (χ3v) is 8.26. The van der Waals surface area contributed by atoms with Crippen LogP contribution in [-0.2, 0) is 4.74 Å².